The van der Waals surface area contributed by atoms with E-state index in [4.69, 9.17) is 4.74 Å². The molecule has 0 aromatic heterocycles. The zero-order valence-corrected chi connectivity index (χ0v) is 12.6. The average molecular weight is 277 g/mol. The summed E-state index contributed by atoms with van der Waals surface area (Å²) in [6, 6.07) is 9.85. The molecule has 0 heterocycles. The molecule has 1 rings (SSSR count). The predicted molar refractivity (Wildman–Crippen MR) is 78.7 cm³/mol. The highest BCUT2D eigenvalue weighted by Crippen LogP contribution is 2.18. The Morgan fingerprint density at radius 3 is 2.35 bits per heavy atom. The van der Waals surface area contributed by atoms with Crippen molar-refractivity contribution in [3.05, 3.63) is 35.9 Å². The highest BCUT2D eigenvalue weighted by Gasteiger charge is 2.17. The average Bonchev–Trinajstić information content (AvgIpc) is 2.35. The van der Waals surface area contributed by atoms with Crippen molar-refractivity contribution in [1.29, 1.82) is 0 Å². The fourth-order valence-electron chi connectivity index (χ4n) is 1.80. The molecule has 1 atom stereocenters. The summed E-state index contributed by atoms with van der Waals surface area (Å²) in [5.41, 5.74) is 0.572. The van der Waals surface area contributed by atoms with Crippen molar-refractivity contribution >= 4 is 11.9 Å². The molecule has 1 N–H and O–H groups in total. The van der Waals surface area contributed by atoms with Crippen molar-refractivity contribution in [3.8, 4) is 0 Å². The van der Waals surface area contributed by atoms with E-state index in [1.54, 1.807) is 20.8 Å². The third-order valence-electron chi connectivity index (χ3n) is 2.73. The first kappa shape index (κ1) is 16.2. The van der Waals surface area contributed by atoms with E-state index >= 15 is 0 Å². The van der Waals surface area contributed by atoms with Crippen LogP contribution in [0.2, 0.25) is 0 Å². The normalized spacial score (nSPS) is 12.6. The Morgan fingerprint density at radius 2 is 1.80 bits per heavy atom. The van der Waals surface area contributed by atoms with Crippen molar-refractivity contribution < 1.29 is 14.3 Å². The third-order valence-corrected chi connectivity index (χ3v) is 2.73. The van der Waals surface area contributed by atoms with Gasteiger partial charge in [0.1, 0.15) is 5.60 Å². The van der Waals surface area contributed by atoms with E-state index in [2.05, 4.69) is 5.32 Å². The lowest BCUT2D eigenvalue weighted by atomic mass is 9.96. The zero-order chi connectivity index (χ0) is 15.2. The number of hydrogen-bond donors (Lipinski definition) is 1. The molecule has 1 amide bonds. The molecule has 0 aliphatic carbocycles. The molecule has 0 spiro atoms. The highest BCUT2D eigenvalue weighted by atomic mass is 16.6. The Labute approximate surface area is 120 Å². The summed E-state index contributed by atoms with van der Waals surface area (Å²) in [5, 5.41) is 2.49. The number of carbonyl (C=O) groups is 2. The van der Waals surface area contributed by atoms with Gasteiger partial charge < -0.3 is 10.1 Å². The lowest BCUT2D eigenvalue weighted by Crippen LogP contribution is -2.35. The van der Waals surface area contributed by atoms with Gasteiger partial charge in [0.15, 0.2) is 5.78 Å². The summed E-state index contributed by atoms with van der Waals surface area (Å²) in [6.45, 7) is 7.36. The monoisotopic (exact) mass is 277 g/mol. The molecule has 0 bridgehead atoms. The molecule has 110 valence electrons. The molecule has 0 aliphatic heterocycles. The first-order valence-electron chi connectivity index (χ1n) is 6.81. The molecule has 0 aliphatic rings. The second-order valence-corrected chi connectivity index (χ2v) is 5.91. The lowest BCUT2D eigenvalue weighted by Gasteiger charge is -2.19. The first-order chi connectivity index (χ1) is 9.28. The van der Waals surface area contributed by atoms with Crippen molar-refractivity contribution in [2.45, 2.75) is 45.6 Å². The molecular formula is C16H23NO3. The van der Waals surface area contributed by atoms with Gasteiger partial charge in [-0.25, -0.2) is 4.79 Å². The smallest absolute Gasteiger partial charge is 0.408 e. The van der Waals surface area contributed by atoms with E-state index in [9.17, 15) is 9.59 Å². The number of alkyl carbamates (subject to hydrolysis) is 1. The molecule has 1 aromatic rings. The quantitative estimate of drug-likeness (QED) is 0.898. The van der Waals surface area contributed by atoms with Crippen LogP contribution in [-0.4, -0.2) is 24.0 Å². The van der Waals surface area contributed by atoms with E-state index < -0.39 is 11.7 Å². The number of rotatable bonds is 5. The lowest BCUT2D eigenvalue weighted by molar-refractivity contribution is -0.118. The number of ketones is 1. The van der Waals surface area contributed by atoms with Crippen molar-refractivity contribution in [1.82, 2.24) is 5.32 Å². The maximum Gasteiger partial charge on any atom is 0.408 e. The number of carbonyl (C=O) groups excluding carboxylic acids is 2. The highest BCUT2D eigenvalue weighted by molar-refractivity contribution is 5.84. The van der Waals surface area contributed by atoms with Crippen LogP contribution in [0.25, 0.3) is 0 Å². The molecule has 0 unspecified atom stereocenters. The number of Topliss-reactive ketones (excluding diaryl/α,β-unsaturated/α-hetero) is 1. The number of ether oxygens (including phenoxy) is 1. The SMILES string of the molecule is C[C@H](CC(=O)CNC(=O)OC(C)(C)C)c1ccccc1. The van der Waals surface area contributed by atoms with Gasteiger partial charge in [-0.1, -0.05) is 37.3 Å². The van der Waals surface area contributed by atoms with Gasteiger partial charge in [-0.05, 0) is 32.3 Å². The van der Waals surface area contributed by atoms with Gasteiger partial charge in [0.2, 0.25) is 0 Å². The summed E-state index contributed by atoms with van der Waals surface area (Å²) in [5.74, 6) is 0.136. The molecule has 0 saturated carbocycles. The van der Waals surface area contributed by atoms with Crippen molar-refractivity contribution in [2.75, 3.05) is 6.54 Å². The maximum atomic E-state index is 11.8. The fourth-order valence-corrected chi connectivity index (χ4v) is 1.80. The standard InChI is InChI=1S/C16H23NO3/c1-12(13-8-6-5-7-9-13)10-14(18)11-17-15(19)20-16(2,3)4/h5-9,12H,10-11H2,1-4H3,(H,17,19)/t12-/m1/s1. The van der Waals surface area contributed by atoms with Crippen LogP contribution in [-0.2, 0) is 9.53 Å². The summed E-state index contributed by atoms with van der Waals surface area (Å²) in [6.07, 6.45) is -0.155. The minimum absolute atomic E-state index is 0.00604. The van der Waals surface area contributed by atoms with Gasteiger partial charge in [0.25, 0.3) is 0 Å². The Hall–Kier alpha value is -1.84. The van der Waals surface area contributed by atoms with Crippen molar-refractivity contribution in [3.63, 3.8) is 0 Å². The molecule has 0 fully saturated rings. The first-order valence-corrected chi connectivity index (χ1v) is 6.81. The van der Waals surface area contributed by atoms with Crippen LogP contribution in [0.5, 0.6) is 0 Å². The molecule has 0 radical (unpaired) electrons. The van der Waals surface area contributed by atoms with Gasteiger partial charge >= 0.3 is 6.09 Å². The number of nitrogens with one attached hydrogen (secondary N) is 1. The molecule has 0 saturated heterocycles. The summed E-state index contributed by atoms with van der Waals surface area (Å²) < 4.78 is 5.08. The minimum Gasteiger partial charge on any atom is -0.444 e. The molecule has 4 nitrogen and oxygen atoms in total. The van der Waals surface area contributed by atoms with Crippen LogP contribution in [0.4, 0.5) is 4.79 Å². The summed E-state index contributed by atoms with van der Waals surface area (Å²) in [7, 11) is 0. The summed E-state index contributed by atoms with van der Waals surface area (Å²) in [4.78, 5) is 23.3. The zero-order valence-electron chi connectivity index (χ0n) is 12.6. The largest absolute Gasteiger partial charge is 0.444 e. The molecule has 1 aromatic carbocycles. The second-order valence-electron chi connectivity index (χ2n) is 5.91. The van der Waals surface area contributed by atoms with Crippen molar-refractivity contribution in [2.24, 2.45) is 0 Å². The molecule has 4 heteroatoms. The van der Waals surface area contributed by atoms with Crippen LogP contribution >= 0.6 is 0 Å². The number of amides is 1. The Bertz CT molecular complexity index is 449. The van der Waals surface area contributed by atoms with Crippen LogP contribution in [0.15, 0.2) is 30.3 Å². The fraction of sp³-hybridized carbons (Fsp3) is 0.500. The minimum atomic E-state index is -0.557. The number of benzene rings is 1. The third kappa shape index (κ3) is 6.36. The Kier molecular flexibility index (Phi) is 5.74. The van der Waals surface area contributed by atoms with E-state index in [0.29, 0.717) is 6.42 Å². The van der Waals surface area contributed by atoms with Crippen LogP contribution in [0.1, 0.15) is 45.6 Å². The van der Waals surface area contributed by atoms with E-state index in [1.165, 1.54) is 0 Å². The van der Waals surface area contributed by atoms with E-state index in [-0.39, 0.29) is 18.2 Å². The van der Waals surface area contributed by atoms with Gasteiger partial charge in [-0.2, -0.15) is 0 Å². The molecular weight excluding hydrogens is 254 g/mol. The molecule has 20 heavy (non-hydrogen) atoms. The van der Waals surface area contributed by atoms with Crippen LogP contribution in [0, 0.1) is 0 Å². The Morgan fingerprint density at radius 1 is 1.20 bits per heavy atom. The topological polar surface area (TPSA) is 55.4 Å². The predicted octanol–water partition coefficient (Wildman–Crippen LogP) is 3.27. The summed E-state index contributed by atoms with van der Waals surface area (Å²) >= 11 is 0. The second kappa shape index (κ2) is 7.08. The van der Waals surface area contributed by atoms with E-state index in [1.807, 2.05) is 37.3 Å². The van der Waals surface area contributed by atoms with Gasteiger partial charge in [-0.3, -0.25) is 4.79 Å². The van der Waals surface area contributed by atoms with E-state index in [0.717, 1.165) is 5.56 Å². The Balaban J connectivity index is 2.36. The van der Waals surface area contributed by atoms with Gasteiger partial charge in [0, 0.05) is 6.42 Å². The van der Waals surface area contributed by atoms with Gasteiger partial charge in [0.05, 0.1) is 6.54 Å². The van der Waals surface area contributed by atoms with Gasteiger partial charge in [-0.15, -0.1) is 0 Å². The number of hydrogen-bond acceptors (Lipinski definition) is 3. The van der Waals surface area contributed by atoms with Crippen LogP contribution in [0.3, 0.4) is 0 Å². The van der Waals surface area contributed by atoms with Crippen LogP contribution < -0.4 is 5.32 Å². The maximum absolute atomic E-state index is 11.8.